The van der Waals surface area contributed by atoms with E-state index in [4.69, 9.17) is 0 Å². The van der Waals surface area contributed by atoms with E-state index in [1.54, 1.807) is 6.07 Å². The fraction of sp³-hybridized carbons (Fsp3) is 0.385. The number of fused-ring (bicyclic) bond motifs is 1. The summed E-state index contributed by atoms with van der Waals surface area (Å²) in [6.07, 6.45) is -4.49. The van der Waals surface area contributed by atoms with E-state index in [1.165, 1.54) is 12.1 Å². The van der Waals surface area contributed by atoms with Crippen molar-refractivity contribution in [3.63, 3.8) is 0 Å². The highest BCUT2D eigenvalue weighted by Crippen LogP contribution is 2.40. The van der Waals surface area contributed by atoms with E-state index in [0.29, 0.717) is 3.57 Å². The lowest BCUT2D eigenvalue weighted by Gasteiger charge is -2.34. The monoisotopic (exact) mass is 413 g/mol. The number of amides is 1. The minimum Gasteiger partial charge on any atom is -0.468 e. The van der Waals surface area contributed by atoms with Gasteiger partial charge in [0.15, 0.2) is 0 Å². The number of benzene rings is 1. The molecule has 0 unspecified atom stereocenters. The van der Waals surface area contributed by atoms with E-state index in [0.717, 1.165) is 12.0 Å². The Kier molecular flexibility index (Phi) is 4.45. The average molecular weight is 413 g/mol. The van der Waals surface area contributed by atoms with Gasteiger partial charge < -0.3 is 9.64 Å². The zero-order valence-corrected chi connectivity index (χ0v) is 13.1. The molecule has 1 aliphatic rings. The molecule has 1 amide bonds. The molecule has 2 rings (SSSR count). The van der Waals surface area contributed by atoms with Crippen LogP contribution in [0.3, 0.4) is 0 Å². The highest BCUT2D eigenvalue weighted by molar-refractivity contribution is 14.1. The van der Waals surface area contributed by atoms with E-state index >= 15 is 0 Å². The van der Waals surface area contributed by atoms with Gasteiger partial charge in [0.1, 0.15) is 6.54 Å². The van der Waals surface area contributed by atoms with Crippen LogP contribution in [0.15, 0.2) is 18.2 Å². The lowest BCUT2D eigenvalue weighted by atomic mass is 9.89. The third kappa shape index (κ3) is 3.30. The molecule has 0 radical (unpaired) electrons. The lowest BCUT2D eigenvalue weighted by molar-refractivity contribution is -0.157. The molecule has 0 saturated carbocycles. The molecule has 1 atom stereocenters. The SMILES string of the molecule is COC(=O)CN1C[C@H](C(F)(F)F)c2cc(I)ccc2C1=O. The molecule has 1 aromatic carbocycles. The number of halogens is 4. The molecule has 114 valence electrons. The summed E-state index contributed by atoms with van der Waals surface area (Å²) < 4.78 is 44.7. The van der Waals surface area contributed by atoms with Gasteiger partial charge in [-0.2, -0.15) is 13.2 Å². The van der Waals surface area contributed by atoms with Crippen molar-refractivity contribution in [2.45, 2.75) is 12.1 Å². The first-order valence-electron chi connectivity index (χ1n) is 5.96. The zero-order chi connectivity index (χ0) is 15.8. The fourth-order valence-corrected chi connectivity index (χ4v) is 2.74. The maximum absolute atomic E-state index is 13.2. The van der Waals surface area contributed by atoms with Crippen LogP contribution in [0.1, 0.15) is 21.8 Å². The van der Waals surface area contributed by atoms with Gasteiger partial charge in [-0.05, 0) is 46.4 Å². The molecular weight excluding hydrogens is 402 g/mol. The van der Waals surface area contributed by atoms with Crippen molar-refractivity contribution in [1.82, 2.24) is 4.90 Å². The van der Waals surface area contributed by atoms with Gasteiger partial charge in [-0.3, -0.25) is 9.59 Å². The fourth-order valence-electron chi connectivity index (χ4n) is 2.23. The van der Waals surface area contributed by atoms with Crippen molar-refractivity contribution in [2.24, 2.45) is 0 Å². The van der Waals surface area contributed by atoms with Gasteiger partial charge in [0.2, 0.25) is 0 Å². The van der Waals surface area contributed by atoms with Crippen molar-refractivity contribution in [3.8, 4) is 0 Å². The summed E-state index contributed by atoms with van der Waals surface area (Å²) in [7, 11) is 1.12. The van der Waals surface area contributed by atoms with Crippen molar-refractivity contribution in [1.29, 1.82) is 0 Å². The molecule has 0 spiro atoms. The van der Waals surface area contributed by atoms with E-state index in [-0.39, 0.29) is 11.1 Å². The van der Waals surface area contributed by atoms with Crippen LogP contribution < -0.4 is 0 Å². The molecule has 0 fully saturated rings. The number of alkyl halides is 3. The summed E-state index contributed by atoms with van der Waals surface area (Å²) in [6, 6.07) is 4.29. The minimum atomic E-state index is -4.49. The van der Waals surface area contributed by atoms with E-state index in [1.807, 2.05) is 22.6 Å². The number of hydrogen-bond donors (Lipinski definition) is 0. The molecule has 1 heterocycles. The Morgan fingerprint density at radius 3 is 2.71 bits per heavy atom. The average Bonchev–Trinajstić information content (AvgIpc) is 2.40. The van der Waals surface area contributed by atoms with Crippen molar-refractivity contribution in [2.75, 3.05) is 20.2 Å². The standard InChI is InChI=1S/C13H11F3INO3/c1-21-11(19)6-18-5-10(13(14,15)16)9-4-7(17)2-3-8(9)12(18)20/h2-4,10H,5-6H2,1H3/t10-/m0/s1. The molecule has 1 aliphatic heterocycles. The van der Waals surface area contributed by atoms with Crippen molar-refractivity contribution >= 4 is 34.5 Å². The smallest absolute Gasteiger partial charge is 0.397 e. The number of nitrogens with zero attached hydrogens (tertiary/aromatic N) is 1. The first-order valence-corrected chi connectivity index (χ1v) is 7.04. The molecule has 0 aliphatic carbocycles. The van der Waals surface area contributed by atoms with Gasteiger partial charge in [0.25, 0.3) is 5.91 Å². The summed E-state index contributed by atoms with van der Waals surface area (Å²) in [5.41, 5.74) is -0.0617. The van der Waals surface area contributed by atoms with Gasteiger partial charge in [-0.1, -0.05) is 0 Å². The van der Waals surface area contributed by atoms with E-state index < -0.39 is 37.1 Å². The summed E-state index contributed by atoms with van der Waals surface area (Å²) in [4.78, 5) is 24.3. The van der Waals surface area contributed by atoms with Gasteiger partial charge >= 0.3 is 12.1 Å². The van der Waals surface area contributed by atoms with Crippen molar-refractivity contribution in [3.05, 3.63) is 32.9 Å². The number of methoxy groups -OCH3 is 1. The molecular formula is C13H11F3INO3. The number of carbonyl (C=O) groups excluding carboxylic acids is 2. The highest BCUT2D eigenvalue weighted by Gasteiger charge is 2.47. The highest BCUT2D eigenvalue weighted by atomic mass is 127. The number of esters is 1. The molecule has 0 N–H and O–H groups in total. The Bertz CT molecular complexity index is 589. The van der Waals surface area contributed by atoms with Gasteiger partial charge in [-0.15, -0.1) is 0 Å². The quantitative estimate of drug-likeness (QED) is 0.554. The predicted octanol–water partition coefficient (Wildman–Crippen LogP) is 2.57. The first-order chi connectivity index (χ1) is 9.74. The van der Waals surface area contributed by atoms with Crippen molar-refractivity contribution < 1.29 is 27.5 Å². The summed E-state index contributed by atoms with van der Waals surface area (Å²) >= 11 is 1.90. The van der Waals surface area contributed by atoms with Crippen LogP contribution >= 0.6 is 22.6 Å². The third-order valence-electron chi connectivity index (χ3n) is 3.25. The maximum Gasteiger partial charge on any atom is 0.397 e. The molecule has 1 aromatic rings. The van der Waals surface area contributed by atoms with E-state index in [2.05, 4.69) is 4.74 Å². The number of carbonyl (C=O) groups is 2. The lowest BCUT2D eigenvalue weighted by Crippen LogP contribution is -2.46. The Hall–Kier alpha value is -1.32. The topological polar surface area (TPSA) is 46.6 Å². The summed E-state index contributed by atoms with van der Waals surface area (Å²) in [5, 5.41) is 0. The normalized spacial score (nSPS) is 18.4. The molecule has 0 saturated heterocycles. The second kappa shape index (κ2) is 5.82. The van der Waals surface area contributed by atoms with E-state index in [9.17, 15) is 22.8 Å². The maximum atomic E-state index is 13.2. The second-order valence-corrected chi connectivity index (χ2v) is 5.83. The Morgan fingerprint density at radius 1 is 1.48 bits per heavy atom. The van der Waals surface area contributed by atoms with Gasteiger partial charge in [0.05, 0.1) is 13.0 Å². The second-order valence-electron chi connectivity index (χ2n) is 4.59. The number of hydrogen-bond acceptors (Lipinski definition) is 3. The van der Waals surface area contributed by atoms with Crippen LogP contribution in [-0.4, -0.2) is 43.2 Å². The predicted molar refractivity (Wildman–Crippen MR) is 75.9 cm³/mol. The summed E-state index contributed by atoms with van der Waals surface area (Å²) in [6.45, 7) is -1.07. The van der Waals surface area contributed by atoms with Gasteiger partial charge in [0, 0.05) is 15.7 Å². The third-order valence-corrected chi connectivity index (χ3v) is 3.92. The Balaban J connectivity index is 2.45. The molecule has 0 bridgehead atoms. The minimum absolute atomic E-state index is 0.0205. The molecule has 8 heteroatoms. The Labute approximate surface area is 132 Å². The molecule has 21 heavy (non-hydrogen) atoms. The molecule has 4 nitrogen and oxygen atoms in total. The van der Waals surface area contributed by atoms with Crippen LogP contribution in [0.25, 0.3) is 0 Å². The molecule has 0 aromatic heterocycles. The van der Waals surface area contributed by atoms with Crippen LogP contribution in [0.5, 0.6) is 0 Å². The number of rotatable bonds is 2. The summed E-state index contributed by atoms with van der Waals surface area (Å²) in [5.74, 6) is -3.14. The van der Waals surface area contributed by atoms with Gasteiger partial charge in [-0.25, -0.2) is 0 Å². The number of ether oxygens (including phenoxy) is 1. The Morgan fingerprint density at radius 2 is 2.14 bits per heavy atom. The zero-order valence-electron chi connectivity index (χ0n) is 10.9. The van der Waals surface area contributed by atoms with Crippen LogP contribution in [0.2, 0.25) is 0 Å². The first kappa shape index (κ1) is 16.1. The van der Waals surface area contributed by atoms with Crippen LogP contribution in [0.4, 0.5) is 13.2 Å². The van der Waals surface area contributed by atoms with Crippen LogP contribution in [0, 0.1) is 3.57 Å². The largest absolute Gasteiger partial charge is 0.468 e. The van der Waals surface area contributed by atoms with Crippen LogP contribution in [-0.2, 0) is 9.53 Å².